The summed E-state index contributed by atoms with van der Waals surface area (Å²) in [6.45, 7) is 2.86. The Morgan fingerprint density at radius 2 is 1.93 bits per heavy atom. The average Bonchev–Trinajstić information content (AvgIpc) is 2.29. The van der Waals surface area contributed by atoms with Crippen LogP contribution in [0.5, 0.6) is 0 Å². The van der Waals surface area contributed by atoms with Crippen LogP contribution in [0.2, 0.25) is 0 Å². The molecule has 4 heteroatoms. The van der Waals surface area contributed by atoms with Crippen molar-refractivity contribution in [1.29, 1.82) is 0 Å². The van der Waals surface area contributed by atoms with Crippen molar-refractivity contribution in [3.05, 3.63) is 0 Å². The third kappa shape index (κ3) is 2.37. The number of Topliss-reactive ketones (excluding diaryl/α,β-unsaturated/α-hetero) is 1. The molecule has 0 amide bonds. The van der Waals surface area contributed by atoms with Gasteiger partial charge in [-0.3, -0.25) is 9.59 Å². The van der Waals surface area contributed by atoms with E-state index < -0.39 is 11.4 Å². The van der Waals surface area contributed by atoms with E-state index in [4.69, 9.17) is 9.47 Å². The summed E-state index contributed by atoms with van der Waals surface area (Å²) in [7, 11) is 1.33. The lowest BCUT2D eigenvalue weighted by atomic mass is 9.75. The molecule has 4 nitrogen and oxygen atoms in total. The maximum atomic E-state index is 12.0. The van der Waals surface area contributed by atoms with Crippen molar-refractivity contribution in [1.82, 2.24) is 0 Å². The minimum atomic E-state index is -0.928. The van der Waals surface area contributed by atoms with Crippen LogP contribution in [0.1, 0.15) is 32.6 Å². The van der Waals surface area contributed by atoms with Crippen molar-refractivity contribution in [3.8, 4) is 0 Å². The zero-order valence-electron chi connectivity index (χ0n) is 9.38. The SMILES string of the molecule is CCCC(=O)C1(C(=O)OC)CCOCC1. The smallest absolute Gasteiger partial charge is 0.319 e. The van der Waals surface area contributed by atoms with Gasteiger partial charge in [-0.1, -0.05) is 6.92 Å². The van der Waals surface area contributed by atoms with Gasteiger partial charge in [0.25, 0.3) is 0 Å². The number of carbonyl (C=O) groups excluding carboxylic acids is 2. The van der Waals surface area contributed by atoms with Crippen molar-refractivity contribution < 1.29 is 19.1 Å². The first kappa shape index (κ1) is 12.2. The summed E-state index contributed by atoms with van der Waals surface area (Å²) >= 11 is 0. The minimum Gasteiger partial charge on any atom is -0.468 e. The Bertz CT molecular complexity index is 241. The molecule has 0 aromatic carbocycles. The van der Waals surface area contributed by atoms with Crippen LogP contribution in [0.4, 0.5) is 0 Å². The second-order valence-corrected chi connectivity index (χ2v) is 3.86. The lowest BCUT2D eigenvalue weighted by Crippen LogP contribution is -2.44. The number of hydrogen-bond donors (Lipinski definition) is 0. The molecular formula is C11H18O4. The Morgan fingerprint density at radius 3 is 2.40 bits per heavy atom. The van der Waals surface area contributed by atoms with Crippen molar-refractivity contribution in [2.45, 2.75) is 32.6 Å². The molecule has 15 heavy (non-hydrogen) atoms. The maximum absolute atomic E-state index is 12.0. The van der Waals surface area contributed by atoms with Crippen LogP contribution in [0, 0.1) is 5.41 Å². The summed E-state index contributed by atoms with van der Waals surface area (Å²) in [5, 5.41) is 0. The highest BCUT2D eigenvalue weighted by Gasteiger charge is 2.46. The molecule has 0 atom stereocenters. The molecule has 0 spiro atoms. The van der Waals surface area contributed by atoms with E-state index in [0.717, 1.165) is 6.42 Å². The molecule has 1 heterocycles. The standard InChI is InChI=1S/C11H18O4/c1-3-4-9(12)11(10(13)14-2)5-7-15-8-6-11/h3-8H2,1-2H3. The minimum absolute atomic E-state index is 0.000139. The van der Waals surface area contributed by atoms with Crippen LogP contribution in [0.25, 0.3) is 0 Å². The van der Waals surface area contributed by atoms with Gasteiger partial charge in [0.2, 0.25) is 0 Å². The van der Waals surface area contributed by atoms with Gasteiger partial charge >= 0.3 is 5.97 Å². The summed E-state index contributed by atoms with van der Waals surface area (Å²) in [6, 6.07) is 0. The van der Waals surface area contributed by atoms with Crippen LogP contribution in [0.15, 0.2) is 0 Å². The van der Waals surface area contributed by atoms with Gasteiger partial charge in [0.15, 0.2) is 0 Å². The monoisotopic (exact) mass is 214 g/mol. The second-order valence-electron chi connectivity index (χ2n) is 3.86. The number of carbonyl (C=O) groups is 2. The highest BCUT2D eigenvalue weighted by molar-refractivity contribution is 6.03. The van der Waals surface area contributed by atoms with E-state index in [1.165, 1.54) is 7.11 Å². The Hall–Kier alpha value is -0.900. The molecule has 0 radical (unpaired) electrons. The second kappa shape index (κ2) is 5.26. The van der Waals surface area contributed by atoms with Crippen molar-refractivity contribution in [3.63, 3.8) is 0 Å². The predicted octanol–water partition coefficient (Wildman–Crippen LogP) is 1.33. The quantitative estimate of drug-likeness (QED) is 0.523. The van der Waals surface area contributed by atoms with Crippen LogP contribution >= 0.6 is 0 Å². The van der Waals surface area contributed by atoms with E-state index in [9.17, 15) is 9.59 Å². The van der Waals surface area contributed by atoms with Gasteiger partial charge in [-0.05, 0) is 19.3 Å². The van der Waals surface area contributed by atoms with Gasteiger partial charge in [0.05, 0.1) is 7.11 Å². The molecule has 0 unspecified atom stereocenters. The normalized spacial score (nSPS) is 19.6. The third-order valence-electron chi connectivity index (χ3n) is 2.93. The number of hydrogen-bond acceptors (Lipinski definition) is 4. The number of esters is 1. The van der Waals surface area contributed by atoms with Crippen molar-refractivity contribution in [2.75, 3.05) is 20.3 Å². The first-order valence-corrected chi connectivity index (χ1v) is 5.37. The number of ether oxygens (including phenoxy) is 2. The summed E-state index contributed by atoms with van der Waals surface area (Å²) in [5.41, 5.74) is -0.928. The topological polar surface area (TPSA) is 52.6 Å². The highest BCUT2D eigenvalue weighted by Crippen LogP contribution is 2.34. The van der Waals surface area contributed by atoms with Gasteiger partial charge in [0.1, 0.15) is 11.2 Å². The lowest BCUT2D eigenvalue weighted by molar-refractivity contribution is -0.164. The van der Waals surface area contributed by atoms with Crippen LogP contribution in [0.3, 0.4) is 0 Å². The molecule has 0 saturated carbocycles. The van der Waals surface area contributed by atoms with E-state index in [1.807, 2.05) is 6.92 Å². The molecule has 0 aliphatic carbocycles. The molecule has 0 bridgehead atoms. The van der Waals surface area contributed by atoms with E-state index >= 15 is 0 Å². The zero-order chi connectivity index (χ0) is 11.3. The fourth-order valence-corrected chi connectivity index (χ4v) is 1.98. The molecular weight excluding hydrogens is 196 g/mol. The number of methoxy groups -OCH3 is 1. The Balaban J connectivity index is 2.84. The largest absolute Gasteiger partial charge is 0.468 e. The zero-order valence-corrected chi connectivity index (χ0v) is 9.38. The fourth-order valence-electron chi connectivity index (χ4n) is 1.98. The van der Waals surface area contributed by atoms with Crippen LogP contribution in [-0.2, 0) is 19.1 Å². The first-order chi connectivity index (χ1) is 7.17. The molecule has 1 rings (SSSR count). The van der Waals surface area contributed by atoms with Gasteiger partial charge in [0, 0.05) is 19.6 Å². The van der Waals surface area contributed by atoms with E-state index in [0.29, 0.717) is 32.5 Å². The van der Waals surface area contributed by atoms with E-state index in [1.54, 1.807) is 0 Å². The van der Waals surface area contributed by atoms with Crippen LogP contribution in [-0.4, -0.2) is 32.1 Å². The van der Waals surface area contributed by atoms with Gasteiger partial charge < -0.3 is 9.47 Å². The molecule has 1 aliphatic rings. The van der Waals surface area contributed by atoms with Gasteiger partial charge in [-0.2, -0.15) is 0 Å². The lowest BCUT2D eigenvalue weighted by Gasteiger charge is -2.32. The van der Waals surface area contributed by atoms with Gasteiger partial charge in [-0.25, -0.2) is 0 Å². The predicted molar refractivity (Wildman–Crippen MR) is 54.4 cm³/mol. The molecule has 86 valence electrons. The van der Waals surface area contributed by atoms with Gasteiger partial charge in [-0.15, -0.1) is 0 Å². The maximum Gasteiger partial charge on any atom is 0.319 e. The molecule has 0 N–H and O–H groups in total. The van der Waals surface area contributed by atoms with Crippen molar-refractivity contribution >= 4 is 11.8 Å². The summed E-state index contributed by atoms with van der Waals surface area (Å²) in [4.78, 5) is 23.7. The number of rotatable bonds is 4. The first-order valence-electron chi connectivity index (χ1n) is 5.37. The Labute approximate surface area is 89.9 Å². The fraction of sp³-hybridized carbons (Fsp3) is 0.818. The average molecular weight is 214 g/mol. The molecule has 0 aromatic rings. The van der Waals surface area contributed by atoms with E-state index in [2.05, 4.69) is 0 Å². The molecule has 1 aliphatic heterocycles. The van der Waals surface area contributed by atoms with Crippen LogP contribution < -0.4 is 0 Å². The van der Waals surface area contributed by atoms with Crippen molar-refractivity contribution in [2.24, 2.45) is 5.41 Å². The number of ketones is 1. The summed E-state index contributed by atoms with van der Waals surface area (Å²) < 4.78 is 9.93. The van der Waals surface area contributed by atoms with E-state index in [-0.39, 0.29) is 5.78 Å². The third-order valence-corrected chi connectivity index (χ3v) is 2.93. The Kier molecular flexibility index (Phi) is 4.27. The molecule has 1 fully saturated rings. The Morgan fingerprint density at radius 1 is 1.33 bits per heavy atom. The summed E-state index contributed by atoms with van der Waals surface area (Å²) in [6.07, 6.45) is 2.12. The molecule has 0 aromatic heterocycles. The molecule has 1 saturated heterocycles. The summed E-state index contributed by atoms with van der Waals surface area (Å²) in [5.74, 6) is -0.399. The highest BCUT2D eigenvalue weighted by atomic mass is 16.5.